The maximum atomic E-state index is 12.5. The van der Waals surface area contributed by atoms with E-state index >= 15 is 0 Å². The molecule has 5 nitrogen and oxygen atoms in total. The van der Waals surface area contributed by atoms with Gasteiger partial charge >= 0.3 is 0 Å². The average Bonchev–Trinajstić information content (AvgIpc) is 2.93. The smallest absolute Gasteiger partial charge is 0.246 e. The minimum Gasteiger partial charge on any atom is -0.329 e. The minimum atomic E-state index is -0.283. The van der Waals surface area contributed by atoms with Gasteiger partial charge in [-0.05, 0) is 60.0 Å². The van der Waals surface area contributed by atoms with Gasteiger partial charge in [-0.15, -0.1) is 0 Å². The Kier molecular flexibility index (Phi) is 5.25. The molecule has 0 aromatic carbocycles. The quantitative estimate of drug-likeness (QED) is 0.694. The lowest BCUT2D eigenvalue weighted by Crippen LogP contribution is -2.61. The van der Waals surface area contributed by atoms with Gasteiger partial charge in [0.25, 0.3) is 0 Å². The van der Waals surface area contributed by atoms with Crippen molar-refractivity contribution in [3.63, 3.8) is 0 Å². The van der Waals surface area contributed by atoms with Gasteiger partial charge in [0.1, 0.15) is 12.1 Å². The molecule has 0 spiro atoms. The number of piperazine rings is 1. The second-order valence-corrected chi connectivity index (χ2v) is 6.68. The van der Waals surface area contributed by atoms with E-state index in [0.29, 0.717) is 12.6 Å². The van der Waals surface area contributed by atoms with Crippen LogP contribution in [0.25, 0.3) is 0 Å². The summed E-state index contributed by atoms with van der Waals surface area (Å²) in [5.41, 5.74) is 0. The molecule has 0 bridgehead atoms. The predicted octanol–water partition coefficient (Wildman–Crippen LogP) is 1.33. The number of hydrogen-bond donors (Lipinski definition) is 0. The van der Waals surface area contributed by atoms with Gasteiger partial charge in [-0.25, -0.2) is 0 Å². The maximum absolute atomic E-state index is 12.5. The van der Waals surface area contributed by atoms with Crippen LogP contribution in [0, 0.1) is 0 Å². The number of amides is 2. The molecule has 2 amide bonds. The second-order valence-electron chi connectivity index (χ2n) is 6.68. The lowest BCUT2D eigenvalue weighted by Gasteiger charge is -2.41. The van der Waals surface area contributed by atoms with Gasteiger partial charge in [-0.3, -0.25) is 9.59 Å². The molecule has 2 saturated heterocycles. The third-order valence-electron chi connectivity index (χ3n) is 4.97. The van der Waals surface area contributed by atoms with E-state index in [1.54, 1.807) is 4.90 Å². The number of rotatable bonds is 6. The summed E-state index contributed by atoms with van der Waals surface area (Å²) in [7, 11) is 2.12. The van der Waals surface area contributed by atoms with E-state index in [2.05, 4.69) is 25.8 Å². The predicted molar refractivity (Wildman–Crippen MR) is 82.9 cm³/mol. The Morgan fingerprint density at radius 2 is 1.95 bits per heavy atom. The Balaban J connectivity index is 1.84. The number of fused-ring (bicyclic) bond motifs is 1. The van der Waals surface area contributed by atoms with Crippen molar-refractivity contribution in [1.82, 2.24) is 14.7 Å². The highest BCUT2D eigenvalue weighted by atomic mass is 16.2. The first kappa shape index (κ1) is 16.3. The van der Waals surface area contributed by atoms with Gasteiger partial charge in [0.05, 0.1) is 0 Å². The minimum absolute atomic E-state index is 0.136. The molecule has 0 aliphatic carbocycles. The Bertz CT molecular complexity index is 397. The van der Waals surface area contributed by atoms with Crippen LogP contribution in [0.3, 0.4) is 0 Å². The van der Waals surface area contributed by atoms with E-state index in [0.717, 1.165) is 38.8 Å². The summed E-state index contributed by atoms with van der Waals surface area (Å²) in [6.45, 7) is 8.74. The highest BCUT2D eigenvalue weighted by Crippen LogP contribution is 2.26. The molecule has 21 heavy (non-hydrogen) atoms. The molecule has 2 aliphatic rings. The first-order valence-corrected chi connectivity index (χ1v) is 8.24. The Labute approximate surface area is 128 Å². The van der Waals surface area contributed by atoms with Crippen LogP contribution in [0.5, 0.6) is 0 Å². The molecular weight excluding hydrogens is 266 g/mol. The third kappa shape index (κ3) is 3.39. The van der Waals surface area contributed by atoms with Crippen LogP contribution in [0.15, 0.2) is 0 Å². The van der Waals surface area contributed by atoms with Crippen molar-refractivity contribution >= 4 is 11.8 Å². The Morgan fingerprint density at radius 1 is 1.24 bits per heavy atom. The van der Waals surface area contributed by atoms with Gasteiger partial charge < -0.3 is 14.7 Å². The van der Waals surface area contributed by atoms with Crippen LogP contribution in [0.2, 0.25) is 0 Å². The molecule has 2 rings (SSSR count). The fraction of sp³-hybridized carbons (Fsp3) is 0.875. The van der Waals surface area contributed by atoms with Gasteiger partial charge in [0.2, 0.25) is 11.8 Å². The number of unbranched alkanes of at least 4 members (excludes halogenated alkanes) is 1. The fourth-order valence-electron chi connectivity index (χ4n) is 3.25. The van der Waals surface area contributed by atoms with Crippen LogP contribution in [-0.2, 0) is 9.59 Å². The molecule has 0 radical (unpaired) electrons. The van der Waals surface area contributed by atoms with Gasteiger partial charge in [-0.1, -0.05) is 0 Å². The zero-order valence-corrected chi connectivity index (χ0v) is 13.8. The Hall–Kier alpha value is -1.10. The molecule has 2 atom stereocenters. The summed E-state index contributed by atoms with van der Waals surface area (Å²) in [6, 6.07) is 0.0934. The van der Waals surface area contributed by atoms with E-state index in [-0.39, 0.29) is 23.9 Å². The number of carbonyl (C=O) groups excluding carboxylic acids is 2. The molecule has 5 heteroatoms. The van der Waals surface area contributed by atoms with E-state index in [9.17, 15) is 9.59 Å². The SMILES string of the molecule is CC(C)N(C)CCCCN1C(=O)C2CCCN2C(=O)C1C. The summed E-state index contributed by atoms with van der Waals surface area (Å²) in [5, 5.41) is 0. The van der Waals surface area contributed by atoms with Crippen molar-refractivity contribution in [3.8, 4) is 0 Å². The van der Waals surface area contributed by atoms with Crippen LogP contribution in [0.4, 0.5) is 0 Å². The molecule has 0 N–H and O–H groups in total. The van der Waals surface area contributed by atoms with Crippen molar-refractivity contribution in [2.24, 2.45) is 0 Å². The molecule has 0 saturated carbocycles. The summed E-state index contributed by atoms with van der Waals surface area (Å²) in [6.07, 6.45) is 3.83. The first-order chi connectivity index (χ1) is 9.93. The van der Waals surface area contributed by atoms with Gasteiger partial charge in [0, 0.05) is 19.1 Å². The second kappa shape index (κ2) is 6.77. The maximum Gasteiger partial charge on any atom is 0.246 e. The molecule has 0 aromatic heterocycles. The van der Waals surface area contributed by atoms with Crippen LogP contribution in [0.1, 0.15) is 46.5 Å². The molecule has 2 fully saturated rings. The molecule has 2 heterocycles. The van der Waals surface area contributed by atoms with Crippen molar-refractivity contribution in [3.05, 3.63) is 0 Å². The zero-order valence-electron chi connectivity index (χ0n) is 13.8. The summed E-state index contributed by atoms with van der Waals surface area (Å²) >= 11 is 0. The fourth-order valence-corrected chi connectivity index (χ4v) is 3.25. The Morgan fingerprint density at radius 3 is 2.62 bits per heavy atom. The highest BCUT2D eigenvalue weighted by molar-refractivity contribution is 5.97. The molecule has 2 unspecified atom stereocenters. The summed E-state index contributed by atoms with van der Waals surface area (Å²) in [5.74, 6) is 0.299. The number of hydrogen-bond acceptors (Lipinski definition) is 3. The van der Waals surface area contributed by atoms with E-state index in [1.807, 2.05) is 11.8 Å². The molecule has 0 aromatic rings. The topological polar surface area (TPSA) is 43.9 Å². The van der Waals surface area contributed by atoms with E-state index in [4.69, 9.17) is 0 Å². The lowest BCUT2D eigenvalue weighted by molar-refractivity contribution is -0.158. The van der Waals surface area contributed by atoms with E-state index < -0.39 is 0 Å². The molecule has 120 valence electrons. The first-order valence-electron chi connectivity index (χ1n) is 8.24. The van der Waals surface area contributed by atoms with Crippen LogP contribution < -0.4 is 0 Å². The van der Waals surface area contributed by atoms with Gasteiger partial charge in [-0.2, -0.15) is 0 Å². The number of nitrogens with zero attached hydrogens (tertiary/aromatic N) is 3. The summed E-state index contributed by atoms with van der Waals surface area (Å²) < 4.78 is 0. The summed E-state index contributed by atoms with van der Waals surface area (Å²) in [4.78, 5) is 30.7. The van der Waals surface area contributed by atoms with Crippen LogP contribution >= 0.6 is 0 Å². The van der Waals surface area contributed by atoms with E-state index in [1.165, 1.54) is 0 Å². The van der Waals surface area contributed by atoms with Crippen LogP contribution in [-0.4, -0.2) is 71.3 Å². The van der Waals surface area contributed by atoms with Crippen molar-refractivity contribution < 1.29 is 9.59 Å². The largest absolute Gasteiger partial charge is 0.329 e. The molecular formula is C16H29N3O2. The monoisotopic (exact) mass is 295 g/mol. The lowest BCUT2D eigenvalue weighted by atomic mass is 10.1. The molecule has 2 aliphatic heterocycles. The average molecular weight is 295 g/mol. The normalized spacial score (nSPS) is 26.2. The van der Waals surface area contributed by atoms with Gasteiger partial charge in [0.15, 0.2) is 0 Å². The standard InChI is InChI=1S/C16H29N3O2/c1-12(2)17(4)9-5-6-10-18-13(3)15(20)19-11-7-8-14(19)16(18)21/h12-14H,5-11H2,1-4H3. The third-order valence-corrected chi connectivity index (χ3v) is 4.97. The zero-order chi connectivity index (χ0) is 15.6. The highest BCUT2D eigenvalue weighted by Gasteiger charge is 2.45. The van der Waals surface area contributed by atoms with Crippen molar-refractivity contribution in [2.75, 3.05) is 26.7 Å². The van der Waals surface area contributed by atoms with Crippen molar-refractivity contribution in [2.45, 2.75) is 64.6 Å². The van der Waals surface area contributed by atoms with Crippen molar-refractivity contribution in [1.29, 1.82) is 0 Å². The number of carbonyl (C=O) groups is 2.